The van der Waals surface area contributed by atoms with Gasteiger partial charge in [-0.05, 0) is 0 Å². The molecule has 20 heavy (non-hydrogen) atoms. The van der Waals surface area contributed by atoms with Crippen LogP contribution < -0.4 is 0 Å². The molecule has 2 atom stereocenters. The van der Waals surface area contributed by atoms with E-state index in [4.69, 9.17) is 5.11 Å². The number of nitrogens with zero attached hydrogens (tertiary/aromatic N) is 2. The van der Waals surface area contributed by atoms with Gasteiger partial charge in [0.05, 0.1) is 17.5 Å². The zero-order valence-electron chi connectivity index (χ0n) is 10.7. The summed E-state index contributed by atoms with van der Waals surface area (Å²) in [5, 5.41) is 8.73. The fraction of sp³-hybridized carbons (Fsp3) is 0.700. The number of carbonyl (C=O) groups excluding carboxylic acids is 1. The van der Waals surface area contributed by atoms with Gasteiger partial charge in [0.25, 0.3) is 5.91 Å². The highest BCUT2D eigenvalue weighted by Gasteiger charge is 2.47. The smallest absolute Gasteiger partial charge is 0.329 e. The number of fused-ring (bicyclic) bond motifs is 1. The molecular weight excluding hydrogens is 308 g/mol. The molecule has 1 amide bonds. The van der Waals surface area contributed by atoms with Crippen LogP contribution in [0.5, 0.6) is 0 Å². The summed E-state index contributed by atoms with van der Waals surface area (Å²) in [6.07, 6.45) is 0. The monoisotopic (exact) mass is 322 g/mol. The SMILES string of the molecule is CN1C(=NC(=O)COCC(=O)O)SC2CS(=O)(=O)CC21. The highest BCUT2D eigenvalue weighted by molar-refractivity contribution is 8.15. The minimum absolute atomic E-state index is 0.0733. The molecule has 2 heterocycles. The highest BCUT2D eigenvalue weighted by Crippen LogP contribution is 2.36. The number of carbonyl (C=O) groups is 2. The van der Waals surface area contributed by atoms with E-state index >= 15 is 0 Å². The molecule has 0 aromatic rings. The molecule has 8 nitrogen and oxygen atoms in total. The summed E-state index contributed by atoms with van der Waals surface area (Å²) in [4.78, 5) is 27.3. The van der Waals surface area contributed by atoms with Crippen LogP contribution >= 0.6 is 11.8 Å². The van der Waals surface area contributed by atoms with E-state index < -0.39 is 34.9 Å². The summed E-state index contributed by atoms with van der Waals surface area (Å²) in [5.74, 6) is -1.57. The fourth-order valence-corrected chi connectivity index (χ4v) is 6.11. The van der Waals surface area contributed by atoms with E-state index in [1.54, 1.807) is 11.9 Å². The van der Waals surface area contributed by atoms with Crippen molar-refractivity contribution in [2.45, 2.75) is 11.3 Å². The Morgan fingerprint density at radius 3 is 2.75 bits per heavy atom. The number of sulfone groups is 1. The molecule has 0 spiro atoms. The van der Waals surface area contributed by atoms with Crippen molar-refractivity contribution >= 4 is 38.6 Å². The van der Waals surface area contributed by atoms with Gasteiger partial charge >= 0.3 is 5.97 Å². The summed E-state index contributed by atoms with van der Waals surface area (Å²) in [7, 11) is -1.31. The van der Waals surface area contributed by atoms with E-state index in [0.717, 1.165) is 0 Å². The van der Waals surface area contributed by atoms with E-state index in [2.05, 4.69) is 9.73 Å². The Morgan fingerprint density at radius 2 is 2.15 bits per heavy atom. The van der Waals surface area contributed by atoms with Gasteiger partial charge in [-0.3, -0.25) is 4.79 Å². The molecule has 112 valence electrons. The Hall–Kier alpha value is -1.13. The minimum atomic E-state index is -3.01. The largest absolute Gasteiger partial charge is 0.480 e. The molecule has 2 aliphatic heterocycles. The van der Waals surface area contributed by atoms with Crippen molar-refractivity contribution in [3.8, 4) is 0 Å². The van der Waals surface area contributed by atoms with Gasteiger partial charge in [0.15, 0.2) is 15.0 Å². The lowest BCUT2D eigenvalue weighted by Gasteiger charge is -2.17. The quantitative estimate of drug-likeness (QED) is 0.688. The number of amidine groups is 1. The van der Waals surface area contributed by atoms with Crippen molar-refractivity contribution in [3.63, 3.8) is 0 Å². The predicted octanol–water partition coefficient (Wildman–Crippen LogP) is -1.19. The number of aliphatic imine (C=N–C) groups is 1. The van der Waals surface area contributed by atoms with Gasteiger partial charge in [-0.15, -0.1) is 0 Å². The van der Waals surface area contributed by atoms with Gasteiger partial charge in [-0.1, -0.05) is 11.8 Å². The van der Waals surface area contributed by atoms with Crippen LogP contribution in [0.1, 0.15) is 0 Å². The number of rotatable bonds is 4. The third-order valence-corrected chi connectivity index (χ3v) is 6.30. The summed E-state index contributed by atoms with van der Waals surface area (Å²) < 4.78 is 27.7. The summed E-state index contributed by atoms with van der Waals surface area (Å²) in [6, 6.07) is -0.156. The molecule has 0 aromatic heterocycles. The Labute approximate surface area is 120 Å². The summed E-state index contributed by atoms with van der Waals surface area (Å²) in [5.41, 5.74) is 0. The molecule has 2 aliphatic rings. The van der Waals surface area contributed by atoms with E-state index in [9.17, 15) is 18.0 Å². The molecule has 2 saturated heterocycles. The van der Waals surface area contributed by atoms with Crippen LogP contribution in [0.3, 0.4) is 0 Å². The number of hydrogen-bond acceptors (Lipinski definition) is 6. The predicted molar refractivity (Wildman–Crippen MR) is 72.5 cm³/mol. The normalized spacial score (nSPS) is 29.6. The van der Waals surface area contributed by atoms with Crippen LogP contribution in [0.15, 0.2) is 4.99 Å². The Balaban J connectivity index is 1.93. The first-order valence-corrected chi connectivity index (χ1v) is 8.49. The van der Waals surface area contributed by atoms with Crippen molar-refractivity contribution in [3.05, 3.63) is 0 Å². The molecule has 0 saturated carbocycles. The lowest BCUT2D eigenvalue weighted by molar-refractivity contribution is -0.143. The molecule has 2 fully saturated rings. The highest BCUT2D eigenvalue weighted by atomic mass is 32.2. The second-order valence-electron chi connectivity index (χ2n) is 4.59. The van der Waals surface area contributed by atoms with Gasteiger partial charge in [-0.25, -0.2) is 13.2 Å². The van der Waals surface area contributed by atoms with Crippen molar-refractivity contribution < 1.29 is 27.9 Å². The fourth-order valence-electron chi connectivity index (χ4n) is 2.10. The third-order valence-electron chi connectivity index (χ3n) is 3.00. The van der Waals surface area contributed by atoms with E-state index in [-0.39, 0.29) is 22.8 Å². The van der Waals surface area contributed by atoms with Crippen LogP contribution in [0, 0.1) is 0 Å². The Kier molecular flexibility index (Phi) is 4.35. The number of carboxylic acids is 1. The number of carboxylic acid groups (broad SMARTS) is 1. The first kappa shape index (κ1) is 15.3. The Bertz CT molecular complexity index is 558. The molecule has 0 radical (unpaired) electrons. The van der Waals surface area contributed by atoms with Crippen molar-refractivity contribution in [1.29, 1.82) is 0 Å². The average molecular weight is 322 g/mol. The topological polar surface area (TPSA) is 113 Å². The van der Waals surface area contributed by atoms with Crippen molar-refractivity contribution in [2.24, 2.45) is 4.99 Å². The second-order valence-corrected chi connectivity index (χ2v) is 7.95. The van der Waals surface area contributed by atoms with E-state index in [0.29, 0.717) is 5.17 Å². The molecule has 2 unspecified atom stereocenters. The van der Waals surface area contributed by atoms with Crippen molar-refractivity contribution in [2.75, 3.05) is 31.8 Å². The maximum absolute atomic E-state index is 11.5. The van der Waals surface area contributed by atoms with Gasteiger partial charge < -0.3 is 14.7 Å². The first-order chi connectivity index (χ1) is 9.28. The minimum Gasteiger partial charge on any atom is -0.480 e. The maximum atomic E-state index is 11.5. The lowest BCUT2D eigenvalue weighted by atomic mass is 10.2. The van der Waals surface area contributed by atoms with Crippen LogP contribution in [-0.4, -0.2) is 78.5 Å². The second kappa shape index (κ2) is 5.70. The number of thioether (sulfide) groups is 1. The zero-order chi connectivity index (χ0) is 14.9. The van der Waals surface area contributed by atoms with Crippen LogP contribution in [0.25, 0.3) is 0 Å². The van der Waals surface area contributed by atoms with E-state index in [1.165, 1.54) is 11.8 Å². The van der Waals surface area contributed by atoms with Crippen molar-refractivity contribution in [1.82, 2.24) is 4.90 Å². The van der Waals surface area contributed by atoms with Gasteiger partial charge in [0.1, 0.15) is 13.2 Å². The molecule has 0 aliphatic carbocycles. The Morgan fingerprint density at radius 1 is 1.45 bits per heavy atom. The van der Waals surface area contributed by atoms with Gasteiger partial charge in [0.2, 0.25) is 0 Å². The first-order valence-electron chi connectivity index (χ1n) is 5.79. The summed E-state index contributed by atoms with van der Waals surface area (Å²) >= 11 is 1.26. The standard InChI is InChI=1S/C10H14N2O6S2/c1-12-6-4-20(16,17)5-7(6)19-10(12)11-8(13)2-18-3-9(14)15/h6-7H,2-5H2,1H3,(H,14,15). The molecule has 10 heteroatoms. The number of ether oxygens (including phenoxy) is 1. The van der Waals surface area contributed by atoms with Crippen LogP contribution in [0.2, 0.25) is 0 Å². The average Bonchev–Trinajstić information content (AvgIpc) is 2.74. The van der Waals surface area contributed by atoms with E-state index in [1.807, 2.05) is 0 Å². The molecule has 2 rings (SSSR count). The van der Waals surface area contributed by atoms with Crippen LogP contribution in [0.4, 0.5) is 0 Å². The molecule has 1 N–H and O–H groups in total. The molecule has 0 bridgehead atoms. The van der Waals surface area contributed by atoms with Gasteiger partial charge in [-0.2, -0.15) is 4.99 Å². The lowest BCUT2D eigenvalue weighted by Crippen LogP contribution is -2.34. The number of aliphatic carboxylic acids is 1. The van der Waals surface area contributed by atoms with Crippen LogP contribution in [-0.2, 0) is 24.2 Å². The zero-order valence-corrected chi connectivity index (χ0v) is 12.3. The summed E-state index contributed by atoms with van der Waals surface area (Å²) in [6.45, 7) is -0.957. The third kappa shape index (κ3) is 3.49. The number of hydrogen-bond donors (Lipinski definition) is 1. The molecular formula is C10H14N2O6S2. The maximum Gasteiger partial charge on any atom is 0.329 e. The molecule has 0 aromatic carbocycles. The van der Waals surface area contributed by atoms with Gasteiger partial charge in [0, 0.05) is 12.3 Å². The number of amides is 1.